The van der Waals surface area contributed by atoms with Gasteiger partial charge in [-0.15, -0.1) is 0 Å². The third-order valence-corrected chi connectivity index (χ3v) is 6.25. The van der Waals surface area contributed by atoms with Crippen molar-refractivity contribution in [3.63, 3.8) is 0 Å². The van der Waals surface area contributed by atoms with Gasteiger partial charge in [0.1, 0.15) is 0 Å². The molecule has 2 fully saturated rings. The van der Waals surface area contributed by atoms with E-state index in [0.717, 1.165) is 5.56 Å². The van der Waals surface area contributed by atoms with Crippen LogP contribution in [0, 0.1) is 29.6 Å². The number of carbonyl (C=O) groups is 1. The van der Waals surface area contributed by atoms with Gasteiger partial charge in [-0.1, -0.05) is 49.1 Å². The predicted molar refractivity (Wildman–Crippen MR) is 128 cm³/mol. The van der Waals surface area contributed by atoms with Crippen molar-refractivity contribution in [3.05, 3.63) is 59.8 Å². The van der Waals surface area contributed by atoms with Crippen LogP contribution in [-0.2, 0) is 6.42 Å². The third kappa shape index (κ3) is 7.59. The molecule has 1 heterocycles. The first-order chi connectivity index (χ1) is 16.1. The summed E-state index contributed by atoms with van der Waals surface area (Å²) in [5, 5.41) is 17.1. The topological polar surface area (TPSA) is 83.5 Å². The first-order valence-corrected chi connectivity index (χ1v) is 11.9. The van der Waals surface area contributed by atoms with E-state index in [0.29, 0.717) is 55.3 Å². The average Bonchev–Trinajstić information content (AvgIpc) is 3.76. The SMILES string of the molecule is CC1CC1COc1cc(C(=O)N[C@@H](Cc2ccccc2)[C@H](O)CNCC#CC2CC2)ccn1. The number of pyridine rings is 1. The number of hydrogen-bond acceptors (Lipinski definition) is 5. The van der Waals surface area contributed by atoms with E-state index >= 15 is 0 Å². The quantitative estimate of drug-likeness (QED) is 0.364. The summed E-state index contributed by atoms with van der Waals surface area (Å²) in [7, 11) is 0. The zero-order valence-corrected chi connectivity index (χ0v) is 19.2. The van der Waals surface area contributed by atoms with Gasteiger partial charge in [-0.05, 0) is 49.1 Å². The number of ether oxygens (including phenoxy) is 1. The fourth-order valence-corrected chi connectivity index (χ4v) is 3.70. The molecule has 0 aliphatic heterocycles. The molecule has 2 saturated carbocycles. The Morgan fingerprint density at radius 3 is 2.79 bits per heavy atom. The summed E-state index contributed by atoms with van der Waals surface area (Å²) in [5.41, 5.74) is 1.52. The molecular formula is C27H33N3O3. The van der Waals surface area contributed by atoms with Crippen molar-refractivity contribution < 1.29 is 14.6 Å². The van der Waals surface area contributed by atoms with Gasteiger partial charge in [-0.2, -0.15) is 0 Å². The molecule has 0 saturated heterocycles. The van der Waals surface area contributed by atoms with Gasteiger partial charge in [0, 0.05) is 30.3 Å². The molecule has 0 spiro atoms. The van der Waals surface area contributed by atoms with Gasteiger partial charge in [0.2, 0.25) is 5.88 Å². The van der Waals surface area contributed by atoms with Crippen LogP contribution in [0.1, 0.15) is 42.1 Å². The molecule has 1 aromatic carbocycles. The molecule has 1 aromatic heterocycles. The van der Waals surface area contributed by atoms with E-state index in [1.54, 1.807) is 18.3 Å². The molecule has 174 valence electrons. The Kier molecular flexibility index (Phi) is 7.98. The van der Waals surface area contributed by atoms with Crippen LogP contribution >= 0.6 is 0 Å². The molecule has 6 heteroatoms. The Labute approximate surface area is 196 Å². The van der Waals surface area contributed by atoms with Crippen LogP contribution in [0.15, 0.2) is 48.7 Å². The number of rotatable bonds is 11. The van der Waals surface area contributed by atoms with Crippen molar-refractivity contribution in [2.45, 2.75) is 44.8 Å². The minimum absolute atomic E-state index is 0.254. The van der Waals surface area contributed by atoms with E-state index in [1.807, 2.05) is 30.3 Å². The summed E-state index contributed by atoms with van der Waals surface area (Å²) in [4.78, 5) is 17.2. The molecule has 3 N–H and O–H groups in total. The second-order valence-electron chi connectivity index (χ2n) is 9.23. The maximum atomic E-state index is 13.0. The maximum absolute atomic E-state index is 13.0. The molecule has 6 nitrogen and oxygen atoms in total. The lowest BCUT2D eigenvalue weighted by Crippen LogP contribution is -2.48. The van der Waals surface area contributed by atoms with Crippen molar-refractivity contribution in [1.29, 1.82) is 0 Å². The number of nitrogens with one attached hydrogen (secondary N) is 2. The molecule has 0 radical (unpaired) electrons. The second-order valence-corrected chi connectivity index (χ2v) is 9.23. The second kappa shape index (κ2) is 11.3. The van der Waals surface area contributed by atoms with E-state index in [1.165, 1.54) is 19.3 Å². The Bertz CT molecular complexity index is 981. The van der Waals surface area contributed by atoms with E-state index in [4.69, 9.17) is 4.74 Å². The highest BCUT2D eigenvalue weighted by molar-refractivity contribution is 5.94. The van der Waals surface area contributed by atoms with Crippen molar-refractivity contribution in [2.24, 2.45) is 17.8 Å². The van der Waals surface area contributed by atoms with E-state index in [-0.39, 0.29) is 5.91 Å². The fourth-order valence-electron chi connectivity index (χ4n) is 3.70. The molecule has 2 aliphatic rings. The molecular weight excluding hydrogens is 414 g/mol. The molecule has 4 rings (SSSR count). The third-order valence-electron chi connectivity index (χ3n) is 6.25. The van der Waals surface area contributed by atoms with Crippen LogP contribution in [0.3, 0.4) is 0 Å². The maximum Gasteiger partial charge on any atom is 0.251 e. The van der Waals surface area contributed by atoms with Crippen LogP contribution < -0.4 is 15.4 Å². The number of nitrogens with zero attached hydrogens (tertiary/aromatic N) is 1. The van der Waals surface area contributed by atoms with Gasteiger partial charge >= 0.3 is 0 Å². The number of aliphatic hydroxyl groups excluding tert-OH is 1. The number of hydrogen-bond donors (Lipinski definition) is 3. The van der Waals surface area contributed by atoms with Gasteiger partial charge in [-0.25, -0.2) is 4.98 Å². The first kappa shape index (κ1) is 23.3. The van der Waals surface area contributed by atoms with Crippen LogP contribution in [0.25, 0.3) is 0 Å². The summed E-state index contributed by atoms with van der Waals surface area (Å²) in [6.45, 7) is 3.72. The zero-order valence-electron chi connectivity index (χ0n) is 19.2. The molecule has 2 unspecified atom stereocenters. The van der Waals surface area contributed by atoms with Gasteiger partial charge in [0.05, 0.1) is 25.3 Å². The van der Waals surface area contributed by atoms with Crippen LogP contribution in [0.5, 0.6) is 5.88 Å². The molecule has 0 bridgehead atoms. The lowest BCUT2D eigenvalue weighted by molar-refractivity contribution is 0.0832. The summed E-state index contributed by atoms with van der Waals surface area (Å²) >= 11 is 0. The van der Waals surface area contributed by atoms with Crippen LogP contribution in [0.2, 0.25) is 0 Å². The number of aliphatic hydroxyl groups is 1. The van der Waals surface area contributed by atoms with Crippen LogP contribution in [0.4, 0.5) is 0 Å². The molecule has 33 heavy (non-hydrogen) atoms. The number of carbonyl (C=O) groups excluding carboxylic acids is 1. The summed E-state index contributed by atoms with van der Waals surface area (Å²) < 4.78 is 5.77. The number of amides is 1. The normalized spacial score (nSPS) is 20.8. The Morgan fingerprint density at radius 1 is 1.27 bits per heavy atom. The molecule has 4 atom stereocenters. The average molecular weight is 448 g/mol. The van der Waals surface area contributed by atoms with Gasteiger partial charge < -0.3 is 20.5 Å². The Morgan fingerprint density at radius 2 is 2.06 bits per heavy atom. The number of aromatic nitrogens is 1. The van der Waals surface area contributed by atoms with Gasteiger partial charge in [0.15, 0.2) is 0 Å². The lowest BCUT2D eigenvalue weighted by Gasteiger charge is -2.24. The minimum atomic E-state index is -0.759. The Balaban J connectivity index is 1.35. The lowest BCUT2D eigenvalue weighted by atomic mass is 10.0. The zero-order chi connectivity index (χ0) is 23.0. The van der Waals surface area contributed by atoms with E-state index in [2.05, 4.69) is 34.4 Å². The summed E-state index contributed by atoms with van der Waals surface area (Å²) in [5.74, 6) is 8.35. The predicted octanol–water partition coefficient (Wildman–Crippen LogP) is 2.82. The van der Waals surface area contributed by atoms with Gasteiger partial charge in [-0.3, -0.25) is 4.79 Å². The largest absolute Gasteiger partial charge is 0.477 e. The summed E-state index contributed by atoms with van der Waals surface area (Å²) in [6, 6.07) is 12.7. The van der Waals surface area contributed by atoms with Crippen molar-refractivity contribution in [3.8, 4) is 17.7 Å². The summed E-state index contributed by atoms with van der Waals surface area (Å²) in [6.07, 6.45) is 4.93. The van der Waals surface area contributed by atoms with E-state index < -0.39 is 12.1 Å². The monoisotopic (exact) mass is 447 g/mol. The smallest absolute Gasteiger partial charge is 0.251 e. The molecule has 2 aromatic rings. The van der Waals surface area contributed by atoms with Crippen molar-refractivity contribution in [2.75, 3.05) is 19.7 Å². The van der Waals surface area contributed by atoms with Crippen molar-refractivity contribution >= 4 is 5.91 Å². The number of benzene rings is 1. The highest BCUT2D eigenvalue weighted by Crippen LogP contribution is 2.37. The molecule has 1 amide bonds. The van der Waals surface area contributed by atoms with E-state index in [9.17, 15) is 9.90 Å². The molecule has 2 aliphatic carbocycles. The highest BCUT2D eigenvalue weighted by Gasteiger charge is 2.33. The fraction of sp³-hybridized carbons (Fsp3) is 0.481. The Hall–Kier alpha value is -2.88. The van der Waals surface area contributed by atoms with Crippen molar-refractivity contribution in [1.82, 2.24) is 15.6 Å². The van der Waals surface area contributed by atoms with Gasteiger partial charge in [0.25, 0.3) is 5.91 Å². The van der Waals surface area contributed by atoms with Crippen LogP contribution in [-0.4, -0.2) is 47.8 Å². The standard InChI is InChI=1S/C27H33N3O3/c1-19-14-23(19)18-33-26-16-22(11-13-29-26)27(32)30-24(15-21-6-3-2-4-7-21)25(31)17-28-12-5-8-20-9-10-20/h2-4,6-7,11,13,16,19-20,23-25,28,31H,9-10,12,14-15,17-18H2,1H3,(H,30,32)/t19?,23?,24-,25+/m0/s1. The first-order valence-electron chi connectivity index (χ1n) is 11.9. The minimum Gasteiger partial charge on any atom is -0.477 e. The highest BCUT2D eigenvalue weighted by atomic mass is 16.5.